The fraction of sp³-hybridized carbons (Fsp3) is 0.391. The molecule has 1 saturated heterocycles. The Bertz CT molecular complexity index is 941. The maximum atomic E-state index is 12.9. The predicted molar refractivity (Wildman–Crippen MR) is 119 cm³/mol. The van der Waals surface area contributed by atoms with E-state index in [0.29, 0.717) is 29.6 Å². The third-order valence-electron chi connectivity index (χ3n) is 5.25. The van der Waals surface area contributed by atoms with E-state index in [1.807, 2.05) is 12.1 Å². The van der Waals surface area contributed by atoms with Crippen LogP contribution in [-0.2, 0) is 11.2 Å². The Morgan fingerprint density at radius 3 is 2.77 bits per heavy atom. The van der Waals surface area contributed by atoms with Crippen molar-refractivity contribution in [3.05, 3.63) is 53.6 Å². The highest BCUT2D eigenvalue weighted by atomic mass is 16.7. The summed E-state index contributed by atoms with van der Waals surface area (Å²) < 4.78 is 16.1. The zero-order valence-corrected chi connectivity index (χ0v) is 17.7. The Hall–Kier alpha value is -3.10. The summed E-state index contributed by atoms with van der Waals surface area (Å²) >= 11 is 0. The van der Waals surface area contributed by atoms with Gasteiger partial charge in [0.2, 0.25) is 12.8 Å². The fourth-order valence-electron chi connectivity index (χ4n) is 3.46. The lowest BCUT2D eigenvalue weighted by atomic mass is 10.1. The van der Waals surface area contributed by atoms with Gasteiger partial charge in [-0.25, -0.2) is 0 Å². The van der Waals surface area contributed by atoms with E-state index >= 15 is 0 Å². The molecule has 0 bridgehead atoms. The standard InChI is InChI=1S/C23H28N4O4/c1-2-17-4-3-5-19(14-17)25-23(24-8-9-27-10-12-29-13-11-27)26-22(28)18-6-7-20-21(15-18)31-16-30-20/h3-7,14-15H,2,8-13,16H2,1H3,(H2,24,25,26,28). The Kier molecular flexibility index (Phi) is 7.01. The first-order valence-electron chi connectivity index (χ1n) is 10.6. The predicted octanol–water partition coefficient (Wildman–Crippen LogP) is 2.51. The van der Waals surface area contributed by atoms with Gasteiger partial charge in [0.1, 0.15) is 0 Å². The summed E-state index contributed by atoms with van der Waals surface area (Å²) in [6, 6.07) is 13.2. The summed E-state index contributed by atoms with van der Waals surface area (Å²) in [4.78, 5) is 19.8. The summed E-state index contributed by atoms with van der Waals surface area (Å²) in [6.45, 7) is 6.96. The van der Waals surface area contributed by atoms with Crippen molar-refractivity contribution in [3.8, 4) is 11.5 Å². The monoisotopic (exact) mass is 424 g/mol. The van der Waals surface area contributed by atoms with Crippen molar-refractivity contribution < 1.29 is 19.0 Å². The molecule has 8 nitrogen and oxygen atoms in total. The average Bonchev–Trinajstić information content (AvgIpc) is 3.28. The number of nitrogens with one attached hydrogen (secondary N) is 2. The smallest absolute Gasteiger partial charge is 0.258 e. The number of hydrogen-bond donors (Lipinski definition) is 2. The van der Waals surface area contributed by atoms with Crippen LogP contribution < -0.4 is 20.1 Å². The number of benzene rings is 2. The van der Waals surface area contributed by atoms with E-state index in [4.69, 9.17) is 14.2 Å². The normalized spacial score (nSPS) is 16.2. The molecule has 2 heterocycles. The fourth-order valence-corrected chi connectivity index (χ4v) is 3.46. The maximum absolute atomic E-state index is 12.9. The zero-order chi connectivity index (χ0) is 21.5. The Morgan fingerprint density at radius 2 is 1.94 bits per heavy atom. The van der Waals surface area contributed by atoms with Gasteiger partial charge in [-0.05, 0) is 42.3 Å². The molecular formula is C23H28N4O4. The summed E-state index contributed by atoms with van der Waals surface area (Å²) in [5.74, 6) is 1.37. The van der Waals surface area contributed by atoms with Gasteiger partial charge < -0.3 is 19.5 Å². The number of carbonyl (C=O) groups is 1. The number of rotatable bonds is 6. The number of nitrogens with zero attached hydrogens (tertiary/aromatic N) is 2. The number of anilines is 1. The van der Waals surface area contributed by atoms with Gasteiger partial charge in [0.05, 0.1) is 19.8 Å². The Balaban J connectivity index is 1.46. The highest BCUT2D eigenvalue weighted by molar-refractivity contribution is 6.10. The van der Waals surface area contributed by atoms with Crippen LogP contribution in [-0.4, -0.2) is 63.0 Å². The van der Waals surface area contributed by atoms with Crippen molar-refractivity contribution in [1.29, 1.82) is 0 Å². The zero-order valence-electron chi connectivity index (χ0n) is 17.7. The Labute approximate surface area is 182 Å². The second-order valence-corrected chi connectivity index (χ2v) is 7.39. The molecule has 31 heavy (non-hydrogen) atoms. The van der Waals surface area contributed by atoms with E-state index in [9.17, 15) is 4.79 Å². The third-order valence-corrected chi connectivity index (χ3v) is 5.25. The highest BCUT2D eigenvalue weighted by Gasteiger charge is 2.17. The van der Waals surface area contributed by atoms with Crippen molar-refractivity contribution in [3.63, 3.8) is 0 Å². The number of aliphatic imine (C=N–C) groups is 1. The van der Waals surface area contributed by atoms with Gasteiger partial charge in [-0.15, -0.1) is 0 Å². The number of carbonyl (C=O) groups excluding carboxylic acids is 1. The van der Waals surface area contributed by atoms with Crippen molar-refractivity contribution in [2.45, 2.75) is 13.3 Å². The van der Waals surface area contributed by atoms with Crippen LogP contribution in [0.2, 0.25) is 0 Å². The van der Waals surface area contributed by atoms with Gasteiger partial charge in [-0.3, -0.25) is 20.0 Å². The van der Waals surface area contributed by atoms with Crippen LogP contribution >= 0.6 is 0 Å². The van der Waals surface area contributed by atoms with E-state index in [2.05, 4.69) is 39.6 Å². The first kappa shape index (κ1) is 21.1. The van der Waals surface area contributed by atoms with E-state index in [0.717, 1.165) is 45.0 Å². The Morgan fingerprint density at radius 1 is 1.10 bits per heavy atom. The lowest BCUT2D eigenvalue weighted by molar-refractivity contribution is 0.0394. The van der Waals surface area contributed by atoms with Crippen molar-refractivity contribution in [2.24, 2.45) is 4.99 Å². The molecule has 1 amide bonds. The van der Waals surface area contributed by atoms with Crippen LogP contribution in [0.15, 0.2) is 47.5 Å². The first-order valence-corrected chi connectivity index (χ1v) is 10.6. The van der Waals surface area contributed by atoms with Crippen molar-refractivity contribution >= 4 is 17.6 Å². The molecule has 0 atom stereocenters. The minimum atomic E-state index is -0.262. The second kappa shape index (κ2) is 10.3. The molecule has 0 radical (unpaired) electrons. The van der Waals surface area contributed by atoms with Gasteiger partial charge >= 0.3 is 0 Å². The van der Waals surface area contributed by atoms with Crippen LogP contribution in [0, 0.1) is 0 Å². The highest BCUT2D eigenvalue weighted by Crippen LogP contribution is 2.32. The van der Waals surface area contributed by atoms with E-state index < -0.39 is 0 Å². The molecule has 2 N–H and O–H groups in total. The lowest BCUT2D eigenvalue weighted by Gasteiger charge is -2.25. The minimum absolute atomic E-state index is 0.171. The lowest BCUT2D eigenvalue weighted by Crippen LogP contribution is -2.39. The third kappa shape index (κ3) is 5.74. The number of fused-ring (bicyclic) bond motifs is 1. The molecule has 0 aromatic heterocycles. The molecule has 2 aliphatic heterocycles. The SMILES string of the molecule is CCc1cccc(NC(=NCCN2CCOCC2)NC(=O)c2ccc3c(c2)OCO3)c1. The van der Waals surface area contributed by atoms with Crippen LogP contribution in [0.1, 0.15) is 22.8 Å². The number of aryl methyl sites for hydroxylation is 1. The number of amides is 1. The number of ether oxygens (including phenoxy) is 3. The quantitative estimate of drug-likeness (QED) is 0.548. The van der Waals surface area contributed by atoms with Gasteiger partial charge in [-0.2, -0.15) is 0 Å². The van der Waals surface area contributed by atoms with Gasteiger partial charge in [0.25, 0.3) is 5.91 Å². The van der Waals surface area contributed by atoms with E-state index in [1.54, 1.807) is 18.2 Å². The molecule has 0 unspecified atom stereocenters. The molecular weight excluding hydrogens is 396 g/mol. The maximum Gasteiger partial charge on any atom is 0.258 e. The van der Waals surface area contributed by atoms with Crippen molar-refractivity contribution in [2.75, 3.05) is 51.5 Å². The molecule has 2 aromatic rings. The number of guanidine groups is 1. The average molecular weight is 425 g/mol. The summed E-state index contributed by atoms with van der Waals surface area (Å²) in [5, 5.41) is 6.17. The number of hydrogen-bond acceptors (Lipinski definition) is 6. The summed E-state index contributed by atoms with van der Waals surface area (Å²) in [7, 11) is 0. The minimum Gasteiger partial charge on any atom is -0.454 e. The molecule has 0 aliphatic carbocycles. The molecule has 8 heteroatoms. The molecule has 0 saturated carbocycles. The van der Waals surface area contributed by atoms with Gasteiger partial charge in [-0.1, -0.05) is 19.1 Å². The summed E-state index contributed by atoms with van der Waals surface area (Å²) in [6.07, 6.45) is 0.933. The molecule has 4 rings (SSSR count). The first-order chi connectivity index (χ1) is 15.2. The van der Waals surface area contributed by atoms with Crippen LogP contribution in [0.3, 0.4) is 0 Å². The van der Waals surface area contributed by atoms with Gasteiger partial charge in [0, 0.05) is 30.9 Å². The molecule has 0 spiro atoms. The van der Waals surface area contributed by atoms with Crippen molar-refractivity contribution in [1.82, 2.24) is 10.2 Å². The topological polar surface area (TPSA) is 84.4 Å². The van der Waals surface area contributed by atoms with E-state index in [-0.39, 0.29) is 12.7 Å². The van der Waals surface area contributed by atoms with Crippen LogP contribution in [0.25, 0.3) is 0 Å². The summed E-state index contributed by atoms with van der Waals surface area (Å²) in [5.41, 5.74) is 2.57. The van der Waals surface area contributed by atoms with E-state index in [1.165, 1.54) is 5.56 Å². The molecule has 1 fully saturated rings. The van der Waals surface area contributed by atoms with Crippen LogP contribution in [0.5, 0.6) is 11.5 Å². The molecule has 2 aromatic carbocycles. The molecule has 164 valence electrons. The second-order valence-electron chi connectivity index (χ2n) is 7.39. The largest absolute Gasteiger partial charge is 0.454 e. The molecule has 2 aliphatic rings. The van der Waals surface area contributed by atoms with Crippen LogP contribution in [0.4, 0.5) is 5.69 Å². The van der Waals surface area contributed by atoms with Gasteiger partial charge in [0.15, 0.2) is 11.5 Å². The number of morpholine rings is 1.